The van der Waals surface area contributed by atoms with E-state index in [1.54, 1.807) is 0 Å². The van der Waals surface area contributed by atoms with E-state index in [1.807, 2.05) is 72.3 Å². The average Bonchev–Trinajstić information content (AvgIpc) is 2.88. The molecule has 0 spiro atoms. The number of aromatic nitrogens is 1. The van der Waals surface area contributed by atoms with E-state index >= 15 is 0 Å². The monoisotopic (exact) mass is 265 g/mol. The van der Waals surface area contributed by atoms with Gasteiger partial charge in [0.05, 0.1) is 17.7 Å². The lowest BCUT2D eigenvalue weighted by atomic mass is 10.2. The highest BCUT2D eigenvalue weighted by molar-refractivity contribution is 6.04. The van der Waals surface area contributed by atoms with Crippen molar-refractivity contribution in [2.45, 2.75) is 6.92 Å². The predicted octanol–water partition coefficient (Wildman–Crippen LogP) is 3.81. The Morgan fingerprint density at radius 3 is 2.50 bits per heavy atom. The molecule has 2 aromatic carbocycles. The summed E-state index contributed by atoms with van der Waals surface area (Å²) < 4.78 is 7.15. The zero-order valence-electron chi connectivity index (χ0n) is 11.2. The summed E-state index contributed by atoms with van der Waals surface area (Å²) in [5, 5.41) is 0.912. The maximum absolute atomic E-state index is 12.1. The van der Waals surface area contributed by atoms with Gasteiger partial charge in [-0.15, -0.1) is 0 Å². The van der Waals surface area contributed by atoms with E-state index in [-0.39, 0.29) is 5.97 Å². The van der Waals surface area contributed by atoms with Crippen LogP contribution in [0.25, 0.3) is 16.6 Å². The number of ether oxygens (including phenoxy) is 1. The standard InChI is InChI=1S/C17H15NO2/c1-2-20-17(19)15-12-18(13-8-4-3-5-9-13)16-11-7-6-10-14(15)16/h3-12H,2H2,1H3. The van der Waals surface area contributed by atoms with Crippen molar-refractivity contribution >= 4 is 16.9 Å². The molecule has 0 atom stereocenters. The molecule has 20 heavy (non-hydrogen) atoms. The number of para-hydroxylation sites is 2. The van der Waals surface area contributed by atoms with Crippen molar-refractivity contribution in [2.24, 2.45) is 0 Å². The van der Waals surface area contributed by atoms with Gasteiger partial charge in [-0.1, -0.05) is 36.4 Å². The maximum atomic E-state index is 12.1. The molecule has 0 fully saturated rings. The van der Waals surface area contributed by atoms with E-state index in [0.29, 0.717) is 12.2 Å². The third-order valence-electron chi connectivity index (χ3n) is 3.24. The Morgan fingerprint density at radius 2 is 1.75 bits per heavy atom. The van der Waals surface area contributed by atoms with E-state index in [0.717, 1.165) is 16.6 Å². The van der Waals surface area contributed by atoms with Crippen molar-refractivity contribution in [3.05, 3.63) is 66.4 Å². The highest BCUT2D eigenvalue weighted by atomic mass is 16.5. The number of esters is 1. The maximum Gasteiger partial charge on any atom is 0.340 e. The minimum atomic E-state index is -0.279. The first-order valence-electron chi connectivity index (χ1n) is 6.64. The van der Waals surface area contributed by atoms with E-state index in [9.17, 15) is 4.79 Å². The number of carbonyl (C=O) groups excluding carboxylic acids is 1. The Balaban J connectivity index is 2.22. The summed E-state index contributed by atoms with van der Waals surface area (Å²) in [6.45, 7) is 2.19. The minimum Gasteiger partial charge on any atom is -0.462 e. The molecule has 3 aromatic rings. The van der Waals surface area contributed by atoms with Crippen molar-refractivity contribution in [3.63, 3.8) is 0 Å². The smallest absolute Gasteiger partial charge is 0.340 e. The normalized spacial score (nSPS) is 10.7. The van der Waals surface area contributed by atoms with Gasteiger partial charge >= 0.3 is 5.97 Å². The van der Waals surface area contributed by atoms with Crippen LogP contribution >= 0.6 is 0 Å². The lowest BCUT2D eigenvalue weighted by Gasteiger charge is -2.04. The first-order valence-corrected chi connectivity index (χ1v) is 6.64. The number of rotatable bonds is 3. The van der Waals surface area contributed by atoms with Gasteiger partial charge in [0.15, 0.2) is 0 Å². The molecule has 0 aliphatic heterocycles. The fourth-order valence-electron chi connectivity index (χ4n) is 2.35. The van der Waals surface area contributed by atoms with Crippen molar-refractivity contribution in [2.75, 3.05) is 6.61 Å². The molecule has 1 heterocycles. The topological polar surface area (TPSA) is 31.2 Å². The van der Waals surface area contributed by atoms with Crippen molar-refractivity contribution in [1.29, 1.82) is 0 Å². The Labute approximate surface area is 117 Å². The number of hydrogen-bond acceptors (Lipinski definition) is 2. The van der Waals surface area contributed by atoms with Crippen LogP contribution in [0.5, 0.6) is 0 Å². The fourth-order valence-corrected chi connectivity index (χ4v) is 2.35. The Kier molecular flexibility index (Phi) is 3.25. The summed E-state index contributed by atoms with van der Waals surface area (Å²) >= 11 is 0. The molecule has 3 rings (SSSR count). The Morgan fingerprint density at radius 1 is 1.05 bits per heavy atom. The van der Waals surface area contributed by atoms with Gasteiger partial charge in [0.2, 0.25) is 0 Å². The van der Waals surface area contributed by atoms with Gasteiger partial charge in [-0.2, -0.15) is 0 Å². The van der Waals surface area contributed by atoms with Crippen LogP contribution in [0, 0.1) is 0 Å². The largest absolute Gasteiger partial charge is 0.462 e. The van der Waals surface area contributed by atoms with Crippen molar-refractivity contribution in [1.82, 2.24) is 4.57 Å². The number of benzene rings is 2. The van der Waals surface area contributed by atoms with E-state index in [2.05, 4.69) is 0 Å². The van der Waals surface area contributed by atoms with Gasteiger partial charge in [-0.05, 0) is 25.1 Å². The summed E-state index contributed by atoms with van der Waals surface area (Å²) in [4.78, 5) is 12.1. The van der Waals surface area contributed by atoms with Gasteiger partial charge in [0.25, 0.3) is 0 Å². The molecular formula is C17H15NO2. The molecule has 0 bridgehead atoms. The summed E-state index contributed by atoms with van der Waals surface area (Å²) in [6, 6.07) is 17.8. The van der Waals surface area contributed by atoms with Crippen LogP contribution in [0.1, 0.15) is 17.3 Å². The van der Waals surface area contributed by atoms with Crippen LogP contribution in [0.15, 0.2) is 60.8 Å². The third kappa shape index (κ3) is 2.07. The minimum absolute atomic E-state index is 0.279. The van der Waals surface area contributed by atoms with Crippen LogP contribution in [0.4, 0.5) is 0 Å². The summed E-state index contributed by atoms with van der Waals surface area (Å²) in [5.41, 5.74) is 2.63. The summed E-state index contributed by atoms with van der Waals surface area (Å²) in [7, 11) is 0. The molecule has 0 aliphatic carbocycles. The van der Waals surface area contributed by atoms with Crippen molar-refractivity contribution in [3.8, 4) is 5.69 Å². The summed E-state index contributed by atoms with van der Waals surface area (Å²) in [6.07, 6.45) is 1.85. The van der Waals surface area contributed by atoms with Gasteiger partial charge < -0.3 is 9.30 Å². The van der Waals surface area contributed by atoms with Crippen LogP contribution in [-0.4, -0.2) is 17.1 Å². The molecule has 3 nitrogen and oxygen atoms in total. The lowest BCUT2D eigenvalue weighted by molar-refractivity contribution is 0.0528. The Bertz CT molecular complexity index is 744. The average molecular weight is 265 g/mol. The second-order valence-electron chi connectivity index (χ2n) is 4.49. The second-order valence-corrected chi connectivity index (χ2v) is 4.49. The second kappa shape index (κ2) is 5.21. The van der Waals surface area contributed by atoms with Gasteiger partial charge in [0.1, 0.15) is 0 Å². The fraction of sp³-hybridized carbons (Fsp3) is 0.118. The zero-order chi connectivity index (χ0) is 13.9. The number of nitrogens with zero attached hydrogens (tertiary/aromatic N) is 1. The van der Waals surface area contributed by atoms with E-state index in [1.165, 1.54) is 0 Å². The van der Waals surface area contributed by atoms with Crippen LogP contribution < -0.4 is 0 Å². The van der Waals surface area contributed by atoms with Crippen molar-refractivity contribution < 1.29 is 9.53 Å². The molecule has 1 aromatic heterocycles. The number of hydrogen-bond donors (Lipinski definition) is 0. The first kappa shape index (κ1) is 12.5. The molecule has 0 amide bonds. The van der Waals surface area contributed by atoms with Crippen LogP contribution in [-0.2, 0) is 4.74 Å². The Hall–Kier alpha value is -2.55. The molecule has 0 radical (unpaired) electrons. The number of carbonyl (C=O) groups is 1. The van der Waals surface area contributed by atoms with E-state index in [4.69, 9.17) is 4.74 Å². The molecule has 0 saturated carbocycles. The van der Waals surface area contributed by atoms with Gasteiger partial charge in [0, 0.05) is 17.3 Å². The SMILES string of the molecule is CCOC(=O)c1cn(-c2ccccc2)c2ccccc12. The third-order valence-corrected chi connectivity index (χ3v) is 3.24. The molecule has 3 heteroatoms. The molecular weight excluding hydrogens is 250 g/mol. The molecule has 0 aliphatic rings. The first-order chi connectivity index (χ1) is 9.81. The highest BCUT2D eigenvalue weighted by Crippen LogP contribution is 2.25. The number of fused-ring (bicyclic) bond motifs is 1. The van der Waals surface area contributed by atoms with Crippen LogP contribution in [0.3, 0.4) is 0 Å². The van der Waals surface area contributed by atoms with Crippen LogP contribution in [0.2, 0.25) is 0 Å². The van der Waals surface area contributed by atoms with Gasteiger partial charge in [-0.25, -0.2) is 4.79 Å². The predicted molar refractivity (Wildman–Crippen MR) is 79.2 cm³/mol. The molecule has 0 unspecified atom stereocenters. The quantitative estimate of drug-likeness (QED) is 0.674. The molecule has 0 N–H and O–H groups in total. The zero-order valence-corrected chi connectivity index (χ0v) is 11.2. The van der Waals surface area contributed by atoms with E-state index < -0.39 is 0 Å². The lowest BCUT2D eigenvalue weighted by Crippen LogP contribution is -2.03. The summed E-state index contributed by atoms with van der Waals surface area (Å²) in [5.74, 6) is -0.279. The van der Waals surface area contributed by atoms with Gasteiger partial charge in [-0.3, -0.25) is 0 Å². The highest BCUT2D eigenvalue weighted by Gasteiger charge is 2.16. The molecule has 100 valence electrons. The molecule has 0 saturated heterocycles.